The van der Waals surface area contributed by atoms with Gasteiger partial charge in [-0.05, 0) is 57.2 Å². The predicted octanol–water partition coefficient (Wildman–Crippen LogP) is 4.04. The molecule has 0 fully saturated rings. The van der Waals surface area contributed by atoms with Gasteiger partial charge in [0, 0.05) is 5.56 Å². The van der Waals surface area contributed by atoms with Crippen LogP contribution < -0.4 is 14.2 Å². The highest BCUT2D eigenvalue weighted by molar-refractivity contribution is 5.77. The molecular formula is C21H23NO5. The highest BCUT2D eigenvalue weighted by atomic mass is 16.6. The SMILES string of the molecule is CCOc1cc(C(Oc2ccc(C#N)cc2)C(=O)OC)ccc1OC(C)C. The van der Waals surface area contributed by atoms with E-state index in [9.17, 15) is 4.79 Å². The average Bonchev–Trinajstić information content (AvgIpc) is 2.67. The van der Waals surface area contributed by atoms with E-state index in [0.717, 1.165) is 0 Å². The topological polar surface area (TPSA) is 77.8 Å². The molecule has 0 aromatic heterocycles. The summed E-state index contributed by atoms with van der Waals surface area (Å²) in [5, 5.41) is 8.89. The lowest BCUT2D eigenvalue weighted by Gasteiger charge is -2.20. The van der Waals surface area contributed by atoms with Gasteiger partial charge in [-0.3, -0.25) is 0 Å². The summed E-state index contributed by atoms with van der Waals surface area (Å²) < 4.78 is 22.1. The molecule has 0 bridgehead atoms. The first-order valence-corrected chi connectivity index (χ1v) is 8.66. The van der Waals surface area contributed by atoms with Gasteiger partial charge in [-0.1, -0.05) is 6.07 Å². The maximum absolute atomic E-state index is 12.3. The van der Waals surface area contributed by atoms with E-state index >= 15 is 0 Å². The van der Waals surface area contributed by atoms with Crippen molar-refractivity contribution in [2.75, 3.05) is 13.7 Å². The van der Waals surface area contributed by atoms with Crippen molar-refractivity contribution in [3.05, 3.63) is 53.6 Å². The van der Waals surface area contributed by atoms with Crippen molar-refractivity contribution in [2.24, 2.45) is 0 Å². The fourth-order valence-electron chi connectivity index (χ4n) is 2.41. The van der Waals surface area contributed by atoms with Gasteiger partial charge in [-0.15, -0.1) is 0 Å². The maximum Gasteiger partial charge on any atom is 0.351 e. The van der Waals surface area contributed by atoms with Crippen LogP contribution in [0.3, 0.4) is 0 Å². The lowest BCUT2D eigenvalue weighted by atomic mass is 10.1. The van der Waals surface area contributed by atoms with Gasteiger partial charge in [-0.2, -0.15) is 5.26 Å². The zero-order valence-corrected chi connectivity index (χ0v) is 15.9. The molecule has 0 saturated carbocycles. The molecule has 0 spiro atoms. The molecule has 2 aromatic carbocycles. The molecule has 0 aliphatic heterocycles. The minimum Gasteiger partial charge on any atom is -0.490 e. The lowest BCUT2D eigenvalue weighted by molar-refractivity contribution is -0.149. The smallest absolute Gasteiger partial charge is 0.351 e. The quantitative estimate of drug-likeness (QED) is 0.654. The molecule has 0 aliphatic carbocycles. The molecule has 6 nitrogen and oxygen atoms in total. The molecule has 0 N–H and O–H groups in total. The Balaban J connectivity index is 2.35. The molecule has 27 heavy (non-hydrogen) atoms. The van der Waals surface area contributed by atoms with Gasteiger partial charge < -0.3 is 18.9 Å². The van der Waals surface area contributed by atoms with Crippen molar-refractivity contribution in [1.29, 1.82) is 5.26 Å². The number of nitriles is 1. The van der Waals surface area contributed by atoms with Crippen molar-refractivity contribution in [2.45, 2.75) is 33.0 Å². The highest BCUT2D eigenvalue weighted by Gasteiger charge is 2.25. The van der Waals surface area contributed by atoms with Gasteiger partial charge in [0.05, 0.1) is 31.5 Å². The van der Waals surface area contributed by atoms with E-state index in [2.05, 4.69) is 0 Å². The van der Waals surface area contributed by atoms with E-state index in [-0.39, 0.29) is 6.10 Å². The largest absolute Gasteiger partial charge is 0.490 e. The predicted molar refractivity (Wildman–Crippen MR) is 99.9 cm³/mol. The first-order chi connectivity index (χ1) is 13.0. The van der Waals surface area contributed by atoms with Crippen LogP contribution in [0.15, 0.2) is 42.5 Å². The maximum atomic E-state index is 12.3. The van der Waals surface area contributed by atoms with E-state index in [4.69, 9.17) is 24.2 Å². The minimum atomic E-state index is -0.977. The van der Waals surface area contributed by atoms with E-state index in [1.165, 1.54) is 7.11 Å². The summed E-state index contributed by atoms with van der Waals surface area (Å²) in [6.45, 7) is 6.18. The van der Waals surface area contributed by atoms with Gasteiger partial charge in [-0.25, -0.2) is 4.79 Å². The number of benzene rings is 2. The third-order valence-electron chi connectivity index (χ3n) is 3.59. The van der Waals surface area contributed by atoms with Gasteiger partial charge >= 0.3 is 5.97 Å². The fourth-order valence-corrected chi connectivity index (χ4v) is 2.41. The first kappa shape index (κ1) is 20.1. The van der Waals surface area contributed by atoms with Gasteiger partial charge in [0.1, 0.15) is 5.75 Å². The molecule has 0 amide bonds. The van der Waals surface area contributed by atoms with Crippen molar-refractivity contribution >= 4 is 5.97 Å². The van der Waals surface area contributed by atoms with Crippen LogP contribution in [0.1, 0.15) is 38.0 Å². The molecule has 0 aliphatic rings. The second-order valence-corrected chi connectivity index (χ2v) is 5.96. The van der Waals surface area contributed by atoms with E-state index < -0.39 is 12.1 Å². The fraction of sp³-hybridized carbons (Fsp3) is 0.333. The highest BCUT2D eigenvalue weighted by Crippen LogP contribution is 2.33. The van der Waals surface area contributed by atoms with E-state index in [0.29, 0.717) is 35.0 Å². The van der Waals surface area contributed by atoms with Crippen LogP contribution in [0.4, 0.5) is 0 Å². The van der Waals surface area contributed by atoms with Crippen molar-refractivity contribution in [3.8, 4) is 23.3 Å². The number of rotatable bonds is 8. The van der Waals surface area contributed by atoms with Crippen LogP contribution in [-0.4, -0.2) is 25.8 Å². The number of carbonyl (C=O) groups excluding carboxylic acids is 1. The van der Waals surface area contributed by atoms with Crippen LogP contribution in [0, 0.1) is 11.3 Å². The van der Waals surface area contributed by atoms with Crippen LogP contribution in [-0.2, 0) is 9.53 Å². The molecule has 1 unspecified atom stereocenters. The first-order valence-electron chi connectivity index (χ1n) is 8.66. The van der Waals surface area contributed by atoms with Gasteiger partial charge in [0.2, 0.25) is 6.10 Å². The number of hydrogen-bond acceptors (Lipinski definition) is 6. The Labute approximate surface area is 159 Å². The average molecular weight is 369 g/mol. The monoisotopic (exact) mass is 369 g/mol. The van der Waals surface area contributed by atoms with Crippen LogP contribution in [0.2, 0.25) is 0 Å². The normalized spacial score (nSPS) is 11.4. The van der Waals surface area contributed by atoms with Crippen LogP contribution in [0.25, 0.3) is 0 Å². The summed E-state index contributed by atoms with van der Waals surface area (Å²) >= 11 is 0. The second kappa shape index (κ2) is 9.48. The van der Waals surface area contributed by atoms with E-state index in [1.807, 2.05) is 26.8 Å². The number of esters is 1. The molecule has 2 rings (SSSR count). The Morgan fingerprint density at radius 3 is 2.33 bits per heavy atom. The van der Waals surface area contributed by atoms with Crippen molar-refractivity contribution < 1.29 is 23.7 Å². The Bertz CT molecular complexity index is 808. The summed E-state index contributed by atoms with van der Waals surface area (Å²) in [6, 6.07) is 13.7. The van der Waals surface area contributed by atoms with Gasteiger partial charge in [0.15, 0.2) is 11.5 Å². The molecule has 1 atom stereocenters. The summed E-state index contributed by atoms with van der Waals surface area (Å²) in [5.74, 6) is 1.03. The third-order valence-corrected chi connectivity index (χ3v) is 3.59. The number of ether oxygens (including phenoxy) is 4. The Hall–Kier alpha value is -3.20. The number of nitrogens with zero attached hydrogens (tertiary/aromatic N) is 1. The molecule has 2 aromatic rings. The standard InChI is InChI=1S/C21H23NO5/c1-5-25-19-12-16(8-11-18(19)26-14(2)3)20(21(23)24-4)27-17-9-6-15(13-22)7-10-17/h6-12,14,20H,5H2,1-4H3. The number of carbonyl (C=O) groups is 1. The summed E-state index contributed by atoms with van der Waals surface area (Å²) in [6.07, 6.45) is -0.989. The Morgan fingerprint density at radius 1 is 1.07 bits per heavy atom. The molecule has 142 valence electrons. The summed E-state index contributed by atoms with van der Waals surface area (Å²) in [5.41, 5.74) is 1.08. The van der Waals surface area contributed by atoms with Crippen molar-refractivity contribution in [3.63, 3.8) is 0 Å². The molecule has 0 radical (unpaired) electrons. The van der Waals surface area contributed by atoms with E-state index in [1.54, 1.807) is 42.5 Å². The van der Waals surface area contributed by atoms with Gasteiger partial charge in [0.25, 0.3) is 0 Å². The molecule has 6 heteroatoms. The Kier molecular flexibility index (Phi) is 7.07. The number of methoxy groups -OCH3 is 1. The molecule has 0 saturated heterocycles. The third kappa shape index (κ3) is 5.38. The zero-order valence-electron chi connectivity index (χ0n) is 15.9. The minimum absolute atomic E-state index is 0.0126. The summed E-state index contributed by atoms with van der Waals surface area (Å²) in [4.78, 5) is 12.3. The second-order valence-electron chi connectivity index (χ2n) is 5.96. The Morgan fingerprint density at radius 2 is 1.78 bits per heavy atom. The van der Waals surface area contributed by atoms with Crippen LogP contribution in [0.5, 0.6) is 17.2 Å². The summed E-state index contributed by atoms with van der Waals surface area (Å²) in [7, 11) is 1.30. The molecular weight excluding hydrogens is 346 g/mol. The number of hydrogen-bond donors (Lipinski definition) is 0. The van der Waals surface area contributed by atoms with Crippen molar-refractivity contribution in [1.82, 2.24) is 0 Å². The van der Waals surface area contributed by atoms with Crippen LogP contribution >= 0.6 is 0 Å². The molecule has 0 heterocycles. The lowest BCUT2D eigenvalue weighted by Crippen LogP contribution is -2.20. The zero-order chi connectivity index (χ0) is 19.8.